The first-order valence-corrected chi connectivity index (χ1v) is 9.00. The normalized spacial score (nSPS) is 19.6. The molecule has 0 radical (unpaired) electrons. The van der Waals surface area contributed by atoms with E-state index in [0.717, 1.165) is 16.7 Å². The maximum absolute atomic E-state index is 9.94. The lowest BCUT2D eigenvalue weighted by Crippen LogP contribution is -2.36. The molecule has 2 nitrogen and oxygen atoms in total. The molecule has 3 aromatic rings. The molecule has 0 saturated heterocycles. The zero-order chi connectivity index (χ0) is 17.8. The third kappa shape index (κ3) is 3.10. The van der Waals surface area contributed by atoms with Gasteiger partial charge >= 0.3 is 0 Å². The van der Waals surface area contributed by atoms with Gasteiger partial charge in [0.05, 0.1) is 12.2 Å². The van der Waals surface area contributed by atoms with E-state index in [1.54, 1.807) is 0 Å². The topological polar surface area (TPSA) is 29.5 Å². The van der Waals surface area contributed by atoms with Gasteiger partial charge in [-0.3, -0.25) is 0 Å². The van der Waals surface area contributed by atoms with Crippen LogP contribution in [0.15, 0.2) is 103 Å². The van der Waals surface area contributed by atoms with E-state index in [-0.39, 0.29) is 6.10 Å². The van der Waals surface area contributed by atoms with E-state index in [2.05, 4.69) is 36.4 Å². The highest BCUT2D eigenvalue weighted by Gasteiger charge is 2.40. The van der Waals surface area contributed by atoms with Crippen LogP contribution in [0.5, 0.6) is 0 Å². The lowest BCUT2D eigenvalue weighted by molar-refractivity contribution is -0.0325. The fourth-order valence-corrected chi connectivity index (χ4v) is 3.68. The first kappa shape index (κ1) is 16.8. The molecule has 0 spiro atoms. The first-order valence-electron chi connectivity index (χ1n) is 9.00. The van der Waals surface area contributed by atoms with Crippen molar-refractivity contribution in [2.45, 2.75) is 24.2 Å². The predicted octanol–water partition coefficient (Wildman–Crippen LogP) is 4.68. The molecule has 130 valence electrons. The molecular formula is C24H22O2. The van der Waals surface area contributed by atoms with E-state index in [1.165, 1.54) is 0 Å². The van der Waals surface area contributed by atoms with Gasteiger partial charge in [-0.2, -0.15) is 0 Å². The molecule has 0 bridgehead atoms. The van der Waals surface area contributed by atoms with Crippen LogP contribution in [0.25, 0.3) is 0 Å². The smallest absolute Gasteiger partial charge is 0.144 e. The largest absolute Gasteiger partial charge is 0.389 e. The average Bonchev–Trinajstić information content (AvgIpc) is 3.13. The molecule has 0 heterocycles. The molecule has 26 heavy (non-hydrogen) atoms. The molecule has 1 aliphatic carbocycles. The molecule has 2 heteroatoms. The van der Waals surface area contributed by atoms with Crippen molar-refractivity contribution in [3.63, 3.8) is 0 Å². The highest BCUT2D eigenvalue weighted by molar-refractivity contribution is 5.47. The molecule has 0 unspecified atom stereocenters. The highest BCUT2D eigenvalue weighted by atomic mass is 16.5. The number of hydrogen-bond acceptors (Lipinski definition) is 2. The number of aliphatic hydroxyl groups is 1. The Kier molecular flexibility index (Phi) is 4.70. The standard InChI is InChI=1S/C24H22O2/c25-22-16-17-23(18-22)26-24(19-10-4-1-5-11-19,20-12-6-2-7-13-20)21-14-8-3-9-15-21/h1-17,22-23,25H,18H2/t22-,23+/m0/s1. The van der Waals surface area contributed by atoms with Gasteiger partial charge in [-0.1, -0.05) is 103 Å². The quantitative estimate of drug-likeness (QED) is 0.539. The summed E-state index contributed by atoms with van der Waals surface area (Å²) in [6.07, 6.45) is 3.77. The van der Waals surface area contributed by atoms with Crippen molar-refractivity contribution in [3.05, 3.63) is 120 Å². The minimum absolute atomic E-state index is 0.148. The summed E-state index contributed by atoms with van der Waals surface area (Å²) < 4.78 is 6.78. The highest BCUT2D eigenvalue weighted by Crippen LogP contribution is 2.42. The Labute approximate surface area is 154 Å². The van der Waals surface area contributed by atoms with Gasteiger partial charge in [0, 0.05) is 6.42 Å². The van der Waals surface area contributed by atoms with E-state index >= 15 is 0 Å². The van der Waals surface area contributed by atoms with E-state index in [0.29, 0.717) is 6.42 Å². The van der Waals surface area contributed by atoms with Crippen molar-refractivity contribution >= 4 is 0 Å². The fraction of sp³-hybridized carbons (Fsp3) is 0.167. The number of aliphatic hydroxyl groups excluding tert-OH is 1. The van der Waals surface area contributed by atoms with Gasteiger partial charge in [0.15, 0.2) is 0 Å². The summed E-state index contributed by atoms with van der Waals surface area (Å²) >= 11 is 0. The summed E-state index contributed by atoms with van der Waals surface area (Å²) in [4.78, 5) is 0. The van der Waals surface area contributed by atoms with Gasteiger partial charge in [-0.25, -0.2) is 0 Å². The predicted molar refractivity (Wildman–Crippen MR) is 104 cm³/mol. The molecule has 2 atom stereocenters. The first-order chi connectivity index (χ1) is 12.8. The SMILES string of the molecule is O[C@H]1C=C[C@@H](OC(c2ccccc2)(c2ccccc2)c2ccccc2)C1. The Morgan fingerprint density at radius 3 is 1.42 bits per heavy atom. The van der Waals surface area contributed by atoms with Crippen LogP contribution in [0.1, 0.15) is 23.1 Å². The zero-order valence-electron chi connectivity index (χ0n) is 14.5. The van der Waals surface area contributed by atoms with Crippen LogP contribution < -0.4 is 0 Å². The average molecular weight is 342 g/mol. The summed E-state index contributed by atoms with van der Waals surface area (Å²) in [6.45, 7) is 0. The Balaban J connectivity index is 1.92. The summed E-state index contributed by atoms with van der Waals surface area (Å²) in [5.41, 5.74) is 2.50. The lowest BCUT2D eigenvalue weighted by Gasteiger charge is -2.38. The van der Waals surface area contributed by atoms with E-state index in [4.69, 9.17) is 4.74 Å². The van der Waals surface area contributed by atoms with Gasteiger partial charge in [-0.05, 0) is 16.7 Å². The second-order valence-electron chi connectivity index (χ2n) is 6.62. The molecule has 1 N–H and O–H groups in total. The van der Waals surface area contributed by atoms with Gasteiger partial charge in [-0.15, -0.1) is 0 Å². The minimum atomic E-state index is -0.733. The molecule has 0 aromatic heterocycles. The Morgan fingerprint density at radius 1 is 0.654 bits per heavy atom. The molecular weight excluding hydrogens is 320 g/mol. The van der Waals surface area contributed by atoms with Crippen LogP contribution in [0.4, 0.5) is 0 Å². The molecule has 1 aliphatic rings. The maximum atomic E-state index is 9.94. The van der Waals surface area contributed by atoms with Gasteiger partial charge in [0.25, 0.3) is 0 Å². The van der Waals surface area contributed by atoms with E-state index in [1.807, 2.05) is 66.7 Å². The van der Waals surface area contributed by atoms with Crippen molar-refractivity contribution in [3.8, 4) is 0 Å². The van der Waals surface area contributed by atoms with Gasteiger partial charge in [0.1, 0.15) is 5.60 Å². The molecule has 0 aliphatic heterocycles. The lowest BCUT2D eigenvalue weighted by atomic mass is 9.80. The summed E-state index contributed by atoms with van der Waals surface area (Å²) in [7, 11) is 0. The minimum Gasteiger partial charge on any atom is -0.389 e. The monoisotopic (exact) mass is 342 g/mol. The number of benzene rings is 3. The van der Waals surface area contributed by atoms with E-state index < -0.39 is 11.7 Å². The molecule has 3 aromatic carbocycles. The van der Waals surface area contributed by atoms with Crippen LogP contribution in [0.2, 0.25) is 0 Å². The Bertz CT molecular complexity index is 760. The molecule has 0 saturated carbocycles. The van der Waals surface area contributed by atoms with Crippen molar-refractivity contribution in [1.82, 2.24) is 0 Å². The Morgan fingerprint density at radius 2 is 1.08 bits per heavy atom. The third-order valence-electron chi connectivity index (χ3n) is 4.89. The molecule has 0 fully saturated rings. The Hall–Kier alpha value is -2.68. The van der Waals surface area contributed by atoms with Crippen LogP contribution in [0, 0.1) is 0 Å². The van der Waals surface area contributed by atoms with Crippen LogP contribution in [0.3, 0.4) is 0 Å². The second-order valence-corrected chi connectivity index (χ2v) is 6.62. The summed E-state index contributed by atoms with van der Waals surface area (Å²) in [6, 6.07) is 30.9. The summed E-state index contributed by atoms with van der Waals surface area (Å²) in [5.74, 6) is 0. The maximum Gasteiger partial charge on any atom is 0.144 e. The third-order valence-corrected chi connectivity index (χ3v) is 4.89. The van der Waals surface area contributed by atoms with Crippen molar-refractivity contribution in [1.29, 1.82) is 0 Å². The molecule has 0 amide bonds. The van der Waals surface area contributed by atoms with Crippen molar-refractivity contribution < 1.29 is 9.84 Å². The number of rotatable bonds is 5. The van der Waals surface area contributed by atoms with Gasteiger partial charge in [0.2, 0.25) is 0 Å². The zero-order valence-corrected chi connectivity index (χ0v) is 14.5. The number of hydrogen-bond donors (Lipinski definition) is 1. The fourth-order valence-electron chi connectivity index (χ4n) is 3.68. The van der Waals surface area contributed by atoms with Crippen molar-refractivity contribution in [2.24, 2.45) is 0 Å². The summed E-state index contributed by atoms with van der Waals surface area (Å²) in [5, 5.41) is 9.94. The van der Waals surface area contributed by atoms with Gasteiger partial charge < -0.3 is 9.84 Å². The molecule has 4 rings (SSSR count). The van der Waals surface area contributed by atoms with Crippen molar-refractivity contribution in [2.75, 3.05) is 0 Å². The van der Waals surface area contributed by atoms with Crippen LogP contribution in [-0.2, 0) is 10.3 Å². The van der Waals surface area contributed by atoms with Crippen LogP contribution in [-0.4, -0.2) is 17.3 Å². The number of ether oxygens (including phenoxy) is 1. The second kappa shape index (κ2) is 7.28. The van der Waals surface area contributed by atoms with E-state index in [9.17, 15) is 5.11 Å². The van der Waals surface area contributed by atoms with Crippen LogP contribution >= 0.6 is 0 Å².